The van der Waals surface area contributed by atoms with E-state index in [2.05, 4.69) is 4.90 Å². The molecule has 4 atom stereocenters. The zero-order chi connectivity index (χ0) is 8.34. The molecule has 4 unspecified atom stereocenters. The van der Waals surface area contributed by atoms with Crippen molar-refractivity contribution in [2.75, 3.05) is 13.2 Å². The molecule has 0 amide bonds. The molecule has 1 aliphatic carbocycles. The van der Waals surface area contributed by atoms with Gasteiger partial charge in [-0.3, -0.25) is 4.90 Å². The highest BCUT2D eigenvalue weighted by Gasteiger charge is 2.67. The molecule has 0 radical (unpaired) electrons. The quantitative estimate of drug-likeness (QED) is 0.608. The number of fused-ring (bicyclic) bond motifs is 1. The largest absolute Gasteiger partial charge is 0.379 e. The van der Waals surface area contributed by atoms with Crippen molar-refractivity contribution in [3.05, 3.63) is 0 Å². The summed E-state index contributed by atoms with van der Waals surface area (Å²) in [7, 11) is 0. The number of piperidine rings is 1. The molecule has 3 nitrogen and oxygen atoms in total. The van der Waals surface area contributed by atoms with Crippen LogP contribution < -0.4 is 0 Å². The lowest BCUT2D eigenvalue weighted by Crippen LogP contribution is -2.42. The third kappa shape index (κ3) is 0.721. The first-order valence-corrected chi connectivity index (χ1v) is 4.76. The van der Waals surface area contributed by atoms with Gasteiger partial charge in [-0.15, -0.1) is 0 Å². The summed E-state index contributed by atoms with van der Waals surface area (Å²) in [6.07, 6.45) is 2.21. The molecule has 2 saturated heterocycles. The first-order chi connectivity index (χ1) is 5.73. The van der Waals surface area contributed by atoms with Gasteiger partial charge in [-0.25, -0.2) is 0 Å². The van der Waals surface area contributed by atoms with Crippen molar-refractivity contribution >= 4 is 0 Å². The van der Waals surface area contributed by atoms with Crippen molar-refractivity contribution in [3.63, 3.8) is 0 Å². The van der Waals surface area contributed by atoms with E-state index in [4.69, 9.17) is 4.74 Å². The highest BCUT2D eigenvalue weighted by atomic mass is 16.5. The van der Waals surface area contributed by atoms with Crippen LogP contribution in [-0.2, 0) is 4.74 Å². The van der Waals surface area contributed by atoms with Gasteiger partial charge in [0.15, 0.2) is 0 Å². The van der Waals surface area contributed by atoms with Gasteiger partial charge in [0.1, 0.15) is 6.23 Å². The fourth-order valence-electron chi connectivity index (χ4n) is 3.12. The molecule has 2 aliphatic heterocycles. The average molecular weight is 169 g/mol. The Hall–Kier alpha value is -0.120. The Labute approximate surface area is 72.3 Å². The summed E-state index contributed by atoms with van der Waals surface area (Å²) in [6.45, 7) is 3.62. The van der Waals surface area contributed by atoms with E-state index in [0.29, 0.717) is 17.5 Å². The van der Waals surface area contributed by atoms with Crippen LogP contribution in [0, 0.1) is 5.41 Å². The minimum atomic E-state index is -0.286. The number of aliphatic hydroxyl groups is 1. The normalized spacial score (nSPS) is 53.5. The lowest BCUT2D eigenvalue weighted by Gasteiger charge is -2.31. The van der Waals surface area contributed by atoms with Gasteiger partial charge >= 0.3 is 0 Å². The van der Waals surface area contributed by atoms with E-state index in [-0.39, 0.29) is 6.23 Å². The molecule has 3 fully saturated rings. The maximum Gasteiger partial charge on any atom is 0.105 e. The molecule has 3 aliphatic rings. The van der Waals surface area contributed by atoms with Gasteiger partial charge in [0.2, 0.25) is 0 Å². The Balaban J connectivity index is 1.88. The number of likely N-dealkylation sites (tertiary alicyclic amines) is 1. The standard InChI is InChI=1S/C9H15NO2/c1-6(11)10-7-2-9(3-8(9)10)5-12-4-7/h6-8,11H,2-5H2,1H3. The SMILES string of the molecule is CC(O)N1C2COCC3(C2)CC13. The smallest absolute Gasteiger partial charge is 0.105 e. The van der Waals surface area contributed by atoms with E-state index < -0.39 is 0 Å². The number of rotatable bonds is 1. The van der Waals surface area contributed by atoms with Crippen LogP contribution in [0.5, 0.6) is 0 Å². The maximum absolute atomic E-state index is 9.56. The van der Waals surface area contributed by atoms with Crippen LogP contribution >= 0.6 is 0 Å². The van der Waals surface area contributed by atoms with Crippen molar-refractivity contribution in [2.45, 2.75) is 38.1 Å². The van der Waals surface area contributed by atoms with Crippen LogP contribution in [-0.4, -0.2) is 41.5 Å². The van der Waals surface area contributed by atoms with Crippen molar-refractivity contribution < 1.29 is 9.84 Å². The lowest BCUT2D eigenvalue weighted by molar-refractivity contribution is -0.0372. The third-order valence-corrected chi connectivity index (χ3v) is 3.70. The second-order valence-corrected chi connectivity index (χ2v) is 4.53. The minimum Gasteiger partial charge on any atom is -0.379 e. The molecular weight excluding hydrogens is 154 g/mol. The average Bonchev–Trinajstić information content (AvgIpc) is 2.58. The predicted octanol–water partition coefficient (Wildman–Crippen LogP) is 0.188. The van der Waals surface area contributed by atoms with E-state index >= 15 is 0 Å². The molecule has 1 N–H and O–H groups in total. The summed E-state index contributed by atoms with van der Waals surface area (Å²) >= 11 is 0. The second-order valence-electron chi connectivity index (χ2n) is 4.53. The zero-order valence-electron chi connectivity index (χ0n) is 7.36. The van der Waals surface area contributed by atoms with E-state index in [1.807, 2.05) is 6.92 Å². The monoisotopic (exact) mass is 169 g/mol. The van der Waals surface area contributed by atoms with Crippen molar-refractivity contribution in [1.29, 1.82) is 0 Å². The van der Waals surface area contributed by atoms with E-state index in [1.165, 1.54) is 12.8 Å². The third-order valence-electron chi connectivity index (χ3n) is 3.70. The number of nitrogens with zero attached hydrogens (tertiary/aromatic N) is 1. The number of ether oxygens (including phenoxy) is 1. The molecule has 0 aromatic heterocycles. The van der Waals surface area contributed by atoms with Crippen LogP contribution in [0.25, 0.3) is 0 Å². The van der Waals surface area contributed by atoms with Gasteiger partial charge < -0.3 is 9.84 Å². The summed E-state index contributed by atoms with van der Waals surface area (Å²) in [4.78, 5) is 2.24. The van der Waals surface area contributed by atoms with Gasteiger partial charge in [-0.05, 0) is 19.8 Å². The van der Waals surface area contributed by atoms with Crippen molar-refractivity contribution in [2.24, 2.45) is 5.41 Å². The number of hydrogen-bond donors (Lipinski definition) is 1. The van der Waals surface area contributed by atoms with Crippen LogP contribution in [0.15, 0.2) is 0 Å². The van der Waals surface area contributed by atoms with Crippen molar-refractivity contribution in [1.82, 2.24) is 4.90 Å². The van der Waals surface area contributed by atoms with Crippen LogP contribution in [0.3, 0.4) is 0 Å². The molecule has 0 aromatic rings. The molecule has 1 spiro atoms. The first kappa shape index (κ1) is 7.30. The summed E-state index contributed by atoms with van der Waals surface area (Å²) in [6, 6.07) is 1.13. The topological polar surface area (TPSA) is 32.7 Å². The van der Waals surface area contributed by atoms with Gasteiger partial charge in [-0.2, -0.15) is 0 Å². The summed E-state index contributed by atoms with van der Waals surface area (Å²) in [5.74, 6) is 0. The van der Waals surface area contributed by atoms with Gasteiger partial charge in [0.25, 0.3) is 0 Å². The second kappa shape index (κ2) is 2.03. The fraction of sp³-hybridized carbons (Fsp3) is 1.00. The Morgan fingerprint density at radius 1 is 1.58 bits per heavy atom. The summed E-state index contributed by atoms with van der Waals surface area (Å²) in [5.41, 5.74) is 0.458. The fourth-order valence-corrected chi connectivity index (χ4v) is 3.12. The molecule has 2 bridgehead atoms. The van der Waals surface area contributed by atoms with Crippen LogP contribution in [0.2, 0.25) is 0 Å². The maximum atomic E-state index is 9.56. The van der Waals surface area contributed by atoms with Gasteiger partial charge in [0, 0.05) is 17.5 Å². The predicted molar refractivity (Wildman–Crippen MR) is 43.6 cm³/mol. The minimum absolute atomic E-state index is 0.286. The highest BCUT2D eigenvalue weighted by Crippen LogP contribution is 2.61. The Bertz CT molecular complexity index is 215. The van der Waals surface area contributed by atoms with Gasteiger partial charge in [0.05, 0.1) is 13.2 Å². The molecule has 1 saturated carbocycles. The molecule has 3 heteroatoms. The number of hydrogen-bond acceptors (Lipinski definition) is 3. The van der Waals surface area contributed by atoms with E-state index in [0.717, 1.165) is 13.2 Å². The van der Waals surface area contributed by atoms with Crippen molar-refractivity contribution in [3.8, 4) is 0 Å². The molecule has 0 aromatic carbocycles. The summed E-state index contributed by atoms with van der Waals surface area (Å²) < 4.78 is 5.53. The molecule has 12 heavy (non-hydrogen) atoms. The van der Waals surface area contributed by atoms with Crippen LogP contribution in [0.4, 0.5) is 0 Å². The Kier molecular flexibility index (Phi) is 1.23. The molecular formula is C9H15NO2. The summed E-state index contributed by atoms with van der Waals surface area (Å²) in [5, 5.41) is 9.56. The lowest BCUT2D eigenvalue weighted by atomic mass is 9.99. The van der Waals surface area contributed by atoms with Gasteiger partial charge in [-0.1, -0.05) is 0 Å². The molecule has 3 rings (SSSR count). The van der Waals surface area contributed by atoms with E-state index in [1.54, 1.807) is 0 Å². The molecule has 68 valence electrons. The van der Waals surface area contributed by atoms with E-state index in [9.17, 15) is 5.11 Å². The van der Waals surface area contributed by atoms with Crippen LogP contribution in [0.1, 0.15) is 19.8 Å². The zero-order valence-corrected chi connectivity index (χ0v) is 7.36. The Morgan fingerprint density at radius 3 is 3.08 bits per heavy atom. The number of aliphatic hydroxyl groups excluding tert-OH is 1. The highest BCUT2D eigenvalue weighted by molar-refractivity contribution is 5.18. The Morgan fingerprint density at radius 2 is 2.42 bits per heavy atom. The first-order valence-electron chi connectivity index (χ1n) is 4.76. The molecule has 2 heterocycles.